The molecule has 2 heterocycles. The first-order valence-corrected chi connectivity index (χ1v) is 6.55. The fraction of sp³-hybridized carbons (Fsp3) is 0.429. The Kier molecular flexibility index (Phi) is 3.50. The summed E-state index contributed by atoms with van der Waals surface area (Å²) >= 11 is 0. The van der Waals surface area contributed by atoms with Gasteiger partial charge in [-0.2, -0.15) is 4.98 Å². The zero-order chi connectivity index (χ0) is 15.0. The minimum atomic E-state index is -0.516. The molecule has 3 rings (SSSR count). The van der Waals surface area contributed by atoms with Crippen molar-refractivity contribution in [3.05, 3.63) is 24.0 Å². The van der Waals surface area contributed by atoms with Crippen molar-refractivity contribution < 1.29 is 23.1 Å². The van der Waals surface area contributed by atoms with E-state index in [1.54, 1.807) is 12.0 Å². The number of methoxy groups -OCH3 is 2. The van der Waals surface area contributed by atoms with Gasteiger partial charge in [-0.15, -0.1) is 0 Å². The summed E-state index contributed by atoms with van der Waals surface area (Å²) in [4.78, 5) is 17.8. The van der Waals surface area contributed by atoms with E-state index < -0.39 is 6.04 Å². The van der Waals surface area contributed by atoms with E-state index in [4.69, 9.17) is 13.9 Å². The van der Waals surface area contributed by atoms with Crippen molar-refractivity contribution in [2.45, 2.75) is 18.6 Å². The Morgan fingerprint density at radius 2 is 2.29 bits per heavy atom. The van der Waals surface area contributed by atoms with Crippen LogP contribution in [0.1, 0.15) is 6.42 Å². The van der Waals surface area contributed by atoms with Gasteiger partial charge in [-0.3, -0.25) is 0 Å². The van der Waals surface area contributed by atoms with Crippen molar-refractivity contribution >= 4 is 23.1 Å². The Bertz CT molecular complexity index is 672. The number of ether oxygens (including phenoxy) is 2. The number of carbonyl (C=O) groups excluding carboxylic acids is 1. The first-order chi connectivity index (χ1) is 10.1. The Balaban J connectivity index is 1.96. The van der Waals surface area contributed by atoms with Crippen molar-refractivity contribution in [1.29, 1.82) is 0 Å². The molecule has 1 aromatic heterocycles. The molecule has 0 aliphatic carbocycles. The summed E-state index contributed by atoms with van der Waals surface area (Å²) in [5.41, 5.74) is 0.880. The Morgan fingerprint density at radius 3 is 3.00 bits per heavy atom. The van der Waals surface area contributed by atoms with Gasteiger partial charge < -0.3 is 18.8 Å². The van der Waals surface area contributed by atoms with Gasteiger partial charge >= 0.3 is 5.97 Å². The van der Waals surface area contributed by atoms with Gasteiger partial charge in [0.15, 0.2) is 5.58 Å². The quantitative estimate of drug-likeness (QED) is 0.803. The second-order valence-electron chi connectivity index (χ2n) is 4.89. The third kappa shape index (κ3) is 2.44. The van der Waals surface area contributed by atoms with Gasteiger partial charge in [0.1, 0.15) is 17.4 Å². The van der Waals surface area contributed by atoms with Gasteiger partial charge in [0, 0.05) is 26.1 Å². The maximum atomic E-state index is 13.2. The third-order valence-corrected chi connectivity index (χ3v) is 3.65. The zero-order valence-electron chi connectivity index (χ0n) is 11.7. The fourth-order valence-corrected chi connectivity index (χ4v) is 2.55. The lowest BCUT2D eigenvalue weighted by atomic mass is 10.2. The summed E-state index contributed by atoms with van der Waals surface area (Å²) in [5, 5.41) is 0. The molecule has 1 saturated heterocycles. The second-order valence-corrected chi connectivity index (χ2v) is 4.89. The Labute approximate surface area is 120 Å². The number of rotatable bonds is 3. The van der Waals surface area contributed by atoms with E-state index in [-0.39, 0.29) is 23.9 Å². The molecule has 1 aliphatic heterocycles. The number of aromatic nitrogens is 1. The van der Waals surface area contributed by atoms with E-state index >= 15 is 0 Å². The first kappa shape index (κ1) is 13.8. The minimum Gasteiger partial charge on any atom is -0.467 e. The molecule has 0 spiro atoms. The minimum absolute atomic E-state index is 0.110. The molecular weight excluding hydrogens is 279 g/mol. The topological polar surface area (TPSA) is 64.8 Å². The maximum Gasteiger partial charge on any atom is 0.328 e. The van der Waals surface area contributed by atoms with Crippen LogP contribution in [0, 0.1) is 5.82 Å². The predicted molar refractivity (Wildman–Crippen MR) is 72.5 cm³/mol. The molecule has 0 amide bonds. The first-order valence-electron chi connectivity index (χ1n) is 6.55. The highest BCUT2D eigenvalue weighted by Gasteiger charge is 2.40. The summed E-state index contributed by atoms with van der Waals surface area (Å²) in [6.07, 6.45) is 0.386. The van der Waals surface area contributed by atoms with E-state index in [0.29, 0.717) is 24.1 Å². The van der Waals surface area contributed by atoms with Crippen LogP contribution in [0.5, 0.6) is 0 Å². The van der Waals surface area contributed by atoms with Crippen molar-refractivity contribution in [3.63, 3.8) is 0 Å². The number of fused-ring (bicyclic) bond motifs is 1. The third-order valence-electron chi connectivity index (χ3n) is 3.65. The molecule has 1 aromatic carbocycles. The van der Waals surface area contributed by atoms with E-state index in [1.165, 1.54) is 25.3 Å². The molecule has 1 fully saturated rings. The van der Waals surface area contributed by atoms with Crippen LogP contribution < -0.4 is 4.90 Å². The van der Waals surface area contributed by atoms with Gasteiger partial charge in [-0.05, 0) is 12.1 Å². The van der Waals surface area contributed by atoms with Gasteiger partial charge in [-0.25, -0.2) is 9.18 Å². The highest BCUT2D eigenvalue weighted by Crippen LogP contribution is 2.30. The lowest BCUT2D eigenvalue weighted by molar-refractivity contribution is -0.142. The highest BCUT2D eigenvalue weighted by atomic mass is 19.1. The Morgan fingerprint density at radius 1 is 1.48 bits per heavy atom. The van der Waals surface area contributed by atoms with Crippen LogP contribution in [-0.2, 0) is 14.3 Å². The SMILES string of the molecule is COC(=O)[C@H]1C[C@@H](OC)CN1c1nc2cc(F)ccc2o1. The van der Waals surface area contributed by atoms with Crippen molar-refractivity contribution in [2.24, 2.45) is 0 Å². The zero-order valence-corrected chi connectivity index (χ0v) is 11.7. The van der Waals surface area contributed by atoms with Gasteiger partial charge in [0.2, 0.25) is 0 Å². The van der Waals surface area contributed by atoms with Crippen LogP contribution in [0.4, 0.5) is 10.4 Å². The molecule has 112 valence electrons. The molecule has 0 radical (unpaired) electrons. The molecule has 0 saturated carbocycles. The van der Waals surface area contributed by atoms with Crippen LogP contribution in [0.15, 0.2) is 22.6 Å². The molecule has 21 heavy (non-hydrogen) atoms. The van der Waals surface area contributed by atoms with Gasteiger partial charge in [0.25, 0.3) is 6.01 Å². The predicted octanol–water partition coefficient (Wildman–Crippen LogP) is 1.73. The molecule has 2 aromatic rings. The van der Waals surface area contributed by atoms with E-state index in [9.17, 15) is 9.18 Å². The molecule has 0 unspecified atom stereocenters. The van der Waals surface area contributed by atoms with Crippen LogP contribution in [0.2, 0.25) is 0 Å². The van der Waals surface area contributed by atoms with E-state index in [2.05, 4.69) is 4.98 Å². The highest BCUT2D eigenvalue weighted by molar-refractivity contribution is 5.81. The molecule has 1 aliphatic rings. The molecule has 2 atom stereocenters. The number of halogens is 1. The average molecular weight is 294 g/mol. The lowest BCUT2D eigenvalue weighted by Gasteiger charge is -2.19. The largest absolute Gasteiger partial charge is 0.467 e. The van der Waals surface area contributed by atoms with Crippen LogP contribution >= 0.6 is 0 Å². The number of carbonyl (C=O) groups is 1. The molecule has 0 N–H and O–H groups in total. The van der Waals surface area contributed by atoms with Crippen molar-refractivity contribution in [1.82, 2.24) is 4.98 Å². The number of hydrogen-bond acceptors (Lipinski definition) is 6. The maximum absolute atomic E-state index is 13.2. The van der Waals surface area contributed by atoms with E-state index in [1.807, 2.05) is 0 Å². The smallest absolute Gasteiger partial charge is 0.328 e. The number of esters is 1. The summed E-state index contributed by atoms with van der Waals surface area (Å²) in [6.45, 7) is 0.464. The van der Waals surface area contributed by atoms with Crippen molar-refractivity contribution in [3.8, 4) is 0 Å². The summed E-state index contributed by atoms with van der Waals surface area (Å²) in [6, 6.07) is 3.86. The lowest BCUT2D eigenvalue weighted by Crippen LogP contribution is -2.37. The van der Waals surface area contributed by atoms with Crippen LogP contribution in [0.3, 0.4) is 0 Å². The second kappa shape index (κ2) is 5.33. The number of nitrogens with zero attached hydrogens (tertiary/aromatic N) is 2. The molecular formula is C14H15FN2O4. The number of anilines is 1. The summed E-state index contributed by atoms with van der Waals surface area (Å²) in [5.74, 6) is -0.758. The van der Waals surface area contributed by atoms with Gasteiger partial charge in [-0.1, -0.05) is 0 Å². The molecule has 7 heteroatoms. The fourth-order valence-electron chi connectivity index (χ4n) is 2.55. The van der Waals surface area contributed by atoms with Crippen molar-refractivity contribution in [2.75, 3.05) is 25.7 Å². The Hall–Kier alpha value is -2.15. The van der Waals surface area contributed by atoms with E-state index in [0.717, 1.165) is 0 Å². The number of benzene rings is 1. The monoisotopic (exact) mass is 294 g/mol. The number of oxazole rings is 1. The summed E-state index contributed by atoms with van der Waals surface area (Å²) in [7, 11) is 2.92. The normalized spacial score (nSPS) is 22.0. The molecule has 6 nitrogen and oxygen atoms in total. The average Bonchev–Trinajstić information content (AvgIpc) is 3.09. The molecule has 0 bridgehead atoms. The van der Waals surface area contributed by atoms with Gasteiger partial charge in [0.05, 0.1) is 13.2 Å². The summed E-state index contributed by atoms with van der Waals surface area (Å²) < 4.78 is 28.9. The van der Waals surface area contributed by atoms with Crippen LogP contribution in [-0.4, -0.2) is 43.9 Å². The standard InChI is InChI=1S/C14H15FN2O4/c1-19-9-6-11(13(18)20-2)17(7-9)14-16-10-5-8(15)3-4-12(10)21-14/h3-5,9,11H,6-7H2,1-2H3/t9-,11-/m1/s1. The number of hydrogen-bond donors (Lipinski definition) is 0. The van der Waals surface area contributed by atoms with Crippen LogP contribution in [0.25, 0.3) is 11.1 Å².